The Labute approximate surface area is 108 Å². The van der Waals surface area contributed by atoms with Crippen molar-refractivity contribution in [1.29, 1.82) is 0 Å². The molecule has 0 saturated heterocycles. The summed E-state index contributed by atoms with van der Waals surface area (Å²) in [6.07, 6.45) is -1.38. The van der Waals surface area contributed by atoms with Crippen LogP contribution in [-0.2, 0) is 20.7 Å². The van der Waals surface area contributed by atoms with E-state index in [1.54, 1.807) is 13.8 Å². The number of esters is 1. The van der Waals surface area contributed by atoms with Crippen LogP contribution in [0.1, 0.15) is 25.8 Å². The second-order valence-corrected chi connectivity index (χ2v) is 4.29. The summed E-state index contributed by atoms with van der Waals surface area (Å²) in [7, 11) is 0. The number of carbonyl (C=O) groups is 2. The lowest BCUT2D eigenvalue weighted by molar-refractivity contribution is -0.149. The summed E-state index contributed by atoms with van der Waals surface area (Å²) >= 11 is 0. The highest BCUT2D eigenvalue weighted by Gasteiger charge is 2.16. The van der Waals surface area contributed by atoms with Crippen LogP contribution in [0.2, 0.25) is 0 Å². The van der Waals surface area contributed by atoms with Crippen LogP contribution in [0, 0.1) is 17.5 Å². The number of hydrogen-bond acceptors (Lipinski definition) is 3. The van der Waals surface area contributed by atoms with E-state index in [2.05, 4.69) is 0 Å². The summed E-state index contributed by atoms with van der Waals surface area (Å²) in [5.74, 6) is -4.95. The zero-order valence-corrected chi connectivity index (χ0v) is 10.5. The summed E-state index contributed by atoms with van der Waals surface area (Å²) in [5.41, 5.74) is -0.291. The molecule has 1 aromatic carbocycles. The van der Waals surface area contributed by atoms with Gasteiger partial charge in [0.15, 0.2) is 11.6 Å². The minimum atomic E-state index is -1.33. The van der Waals surface area contributed by atoms with Gasteiger partial charge in [0, 0.05) is 12.5 Å². The average molecular weight is 274 g/mol. The molecule has 0 radical (unpaired) electrons. The van der Waals surface area contributed by atoms with Gasteiger partial charge in [-0.1, -0.05) is 0 Å². The minimum absolute atomic E-state index is 0.291. The molecule has 0 saturated carbocycles. The highest BCUT2D eigenvalue weighted by atomic mass is 19.2. The van der Waals surface area contributed by atoms with E-state index in [0.717, 1.165) is 0 Å². The maximum atomic E-state index is 13.3. The normalized spacial score (nSPS) is 10.6. The van der Waals surface area contributed by atoms with Gasteiger partial charge in [0.2, 0.25) is 0 Å². The number of ketones is 1. The zero-order valence-electron chi connectivity index (χ0n) is 10.5. The largest absolute Gasteiger partial charge is 0.463 e. The molecule has 19 heavy (non-hydrogen) atoms. The first-order valence-electron chi connectivity index (χ1n) is 5.64. The van der Waals surface area contributed by atoms with Crippen molar-refractivity contribution >= 4 is 11.8 Å². The van der Waals surface area contributed by atoms with Gasteiger partial charge in [-0.25, -0.2) is 13.2 Å². The van der Waals surface area contributed by atoms with Gasteiger partial charge in [0.25, 0.3) is 0 Å². The lowest BCUT2D eigenvalue weighted by Crippen LogP contribution is -2.17. The Morgan fingerprint density at radius 3 is 2.26 bits per heavy atom. The predicted molar refractivity (Wildman–Crippen MR) is 60.9 cm³/mol. The third-order valence-corrected chi connectivity index (χ3v) is 2.19. The van der Waals surface area contributed by atoms with Crippen molar-refractivity contribution in [2.45, 2.75) is 32.8 Å². The predicted octanol–water partition coefficient (Wildman–Crippen LogP) is 2.56. The fourth-order valence-corrected chi connectivity index (χ4v) is 1.44. The number of rotatable bonds is 5. The number of hydrogen-bond donors (Lipinski definition) is 0. The van der Waals surface area contributed by atoms with Crippen LogP contribution in [0.5, 0.6) is 0 Å². The van der Waals surface area contributed by atoms with Crippen molar-refractivity contribution in [1.82, 2.24) is 0 Å². The Morgan fingerprint density at radius 2 is 1.68 bits per heavy atom. The van der Waals surface area contributed by atoms with Crippen molar-refractivity contribution in [3.05, 3.63) is 35.1 Å². The van der Waals surface area contributed by atoms with Gasteiger partial charge in [0.1, 0.15) is 18.0 Å². The van der Waals surface area contributed by atoms with Crippen molar-refractivity contribution < 1.29 is 27.5 Å². The molecule has 1 aromatic rings. The molecule has 6 heteroatoms. The molecular formula is C13H13F3O3. The van der Waals surface area contributed by atoms with Crippen LogP contribution in [0.3, 0.4) is 0 Å². The average Bonchev–Trinajstić information content (AvgIpc) is 2.24. The molecule has 0 aliphatic heterocycles. The molecular weight excluding hydrogens is 261 g/mol. The second kappa shape index (κ2) is 6.36. The Bertz CT molecular complexity index is 498. The summed E-state index contributed by atoms with van der Waals surface area (Å²) in [4.78, 5) is 22.7. The van der Waals surface area contributed by atoms with E-state index in [0.29, 0.717) is 12.1 Å². The van der Waals surface area contributed by atoms with E-state index < -0.39 is 42.0 Å². The van der Waals surface area contributed by atoms with Crippen molar-refractivity contribution in [2.75, 3.05) is 0 Å². The minimum Gasteiger partial charge on any atom is -0.463 e. The van der Waals surface area contributed by atoms with Crippen LogP contribution >= 0.6 is 0 Å². The first-order chi connectivity index (χ1) is 8.79. The number of carbonyl (C=O) groups excluding carboxylic acids is 2. The molecule has 0 aliphatic rings. The quantitative estimate of drug-likeness (QED) is 0.471. The maximum absolute atomic E-state index is 13.3. The van der Waals surface area contributed by atoms with E-state index in [1.807, 2.05) is 0 Å². The van der Waals surface area contributed by atoms with Gasteiger partial charge < -0.3 is 4.74 Å². The molecule has 0 unspecified atom stereocenters. The molecule has 0 aromatic heterocycles. The Morgan fingerprint density at radius 1 is 1.11 bits per heavy atom. The van der Waals surface area contributed by atoms with E-state index >= 15 is 0 Å². The number of halogens is 3. The van der Waals surface area contributed by atoms with Gasteiger partial charge in [-0.05, 0) is 25.5 Å². The van der Waals surface area contributed by atoms with Crippen LogP contribution in [0.4, 0.5) is 13.2 Å². The highest BCUT2D eigenvalue weighted by Crippen LogP contribution is 2.15. The maximum Gasteiger partial charge on any atom is 0.313 e. The van der Waals surface area contributed by atoms with Crippen molar-refractivity contribution in [3.8, 4) is 0 Å². The number of Topliss-reactive ketones (excluding diaryl/α,β-unsaturated/α-hetero) is 1. The van der Waals surface area contributed by atoms with E-state index in [9.17, 15) is 22.8 Å². The van der Waals surface area contributed by atoms with Gasteiger partial charge in [-0.2, -0.15) is 0 Å². The molecule has 0 spiro atoms. The Balaban J connectivity index is 2.67. The third-order valence-electron chi connectivity index (χ3n) is 2.19. The summed E-state index contributed by atoms with van der Waals surface area (Å²) in [5, 5.41) is 0. The Hall–Kier alpha value is -1.85. The molecule has 0 amide bonds. The molecule has 1 rings (SSSR count). The van der Waals surface area contributed by atoms with E-state index in [-0.39, 0.29) is 11.7 Å². The monoisotopic (exact) mass is 274 g/mol. The molecule has 104 valence electrons. The van der Waals surface area contributed by atoms with Gasteiger partial charge in [-0.3, -0.25) is 9.59 Å². The van der Waals surface area contributed by atoms with Crippen LogP contribution in [0.15, 0.2) is 12.1 Å². The summed E-state index contributed by atoms with van der Waals surface area (Å²) in [6, 6.07) is 0.973. The standard InChI is InChI=1S/C13H13F3O3/c1-7(2)19-13(18)5-9(17)3-8-4-11(15)12(16)6-10(8)14/h4,6-7H,3,5H2,1-2H3. The molecule has 0 bridgehead atoms. The number of benzene rings is 1. The first kappa shape index (κ1) is 15.2. The topological polar surface area (TPSA) is 43.4 Å². The zero-order chi connectivity index (χ0) is 14.6. The lowest BCUT2D eigenvalue weighted by atomic mass is 10.1. The third kappa shape index (κ3) is 4.73. The molecule has 0 atom stereocenters. The number of ether oxygens (including phenoxy) is 1. The lowest BCUT2D eigenvalue weighted by Gasteiger charge is -2.07. The smallest absolute Gasteiger partial charge is 0.313 e. The van der Waals surface area contributed by atoms with Crippen molar-refractivity contribution in [2.24, 2.45) is 0 Å². The highest BCUT2D eigenvalue weighted by molar-refractivity contribution is 5.96. The molecule has 0 heterocycles. The summed E-state index contributed by atoms with van der Waals surface area (Å²) < 4.78 is 43.6. The fourth-order valence-electron chi connectivity index (χ4n) is 1.44. The van der Waals surface area contributed by atoms with E-state index in [1.165, 1.54) is 0 Å². The molecule has 0 aliphatic carbocycles. The summed E-state index contributed by atoms with van der Waals surface area (Å²) in [6.45, 7) is 3.24. The molecule has 3 nitrogen and oxygen atoms in total. The van der Waals surface area contributed by atoms with Crippen LogP contribution in [-0.4, -0.2) is 17.9 Å². The molecule has 0 fully saturated rings. The SMILES string of the molecule is CC(C)OC(=O)CC(=O)Cc1cc(F)c(F)cc1F. The first-order valence-corrected chi connectivity index (χ1v) is 5.64. The van der Waals surface area contributed by atoms with Crippen LogP contribution in [0.25, 0.3) is 0 Å². The van der Waals surface area contributed by atoms with Gasteiger partial charge >= 0.3 is 5.97 Å². The molecule has 0 N–H and O–H groups in total. The van der Waals surface area contributed by atoms with E-state index in [4.69, 9.17) is 4.74 Å². The van der Waals surface area contributed by atoms with Gasteiger partial charge in [0.05, 0.1) is 6.10 Å². The fraction of sp³-hybridized carbons (Fsp3) is 0.385. The second-order valence-electron chi connectivity index (χ2n) is 4.29. The Kier molecular flexibility index (Phi) is 5.09. The van der Waals surface area contributed by atoms with Crippen molar-refractivity contribution in [3.63, 3.8) is 0 Å². The van der Waals surface area contributed by atoms with Crippen LogP contribution < -0.4 is 0 Å². The van der Waals surface area contributed by atoms with Gasteiger partial charge in [-0.15, -0.1) is 0 Å².